The highest BCUT2D eigenvalue weighted by Crippen LogP contribution is 2.11. The minimum absolute atomic E-state index is 0.111. The zero-order chi connectivity index (χ0) is 14.8. The Bertz CT molecular complexity index is 149. The molecule has 9 N–H and O–H groups in total. The second-order valence-electron chi connectivity index (χ2n) is 3.74. The summed E-state index contributed by atoms with van der Waals surface area (Å²) in [6.07, 6.45) is 3.71. The molecule has 6 nitrogen and oxygen atoms in total. The van der Waals surface area contributed by atoms with Gasteiger partial charge in [0.05, 0.1) is 5.92 Å². The summed E-state index contributed by atoms with van der Waals surface area (Å²) >= 11 is 0. The molecule has 0 aromatic heterocycles. The zero-order valence-electron chi connectivity index (χ0n) is 11.9. The monoisotopic (exact) mass is 264 g/mol. The van der Waals surface area contributed by atoms with Gasteiger partial charge in [-0.2, -0.15) is 0 Å². The Labute approximate surface area is 111 Å². The fraction of sp³-hybridized carbons (Fsp3) is 0.917. The molecule has 0 radical (unpaired) electrons. The third kappa shape index (κ3) is 24.5. The molecule has 6 heteroatoms. The Morgan fingerprint density at radius 3 is 1.56 bits per heavy atom. The first-order valence-electron chi connectivity index (χ1n) is 6.58. The standard InChI is InChI=1S/C8H16O2.2C2H8N2/c1-3-5-6-7(4-2)8(9)10;2*3-1-2-4/h7H,3-6H2,1-2H3,(H,9,10);2*1-4H2. The molecule has 112 valence electrons. The fourth-order valence-corrected chi connectivity index (χ4v) is 0.953. The maximum Gasteiger partial charge on any atom is 0.306 e. The van der Waals surface area contributed by atoms with Crippen LogP contribution in [0.3, 0.4) is 0 Å². The molecule has 0 amide bonds. The summed E-state index contributed by atoms with van der Waals surface area (Å²) in [6.45, 7) is 6.39. The molecule has 0 aromatic carbocycles. The van der Waals surface area contributed by atoms with Gasteiger partial charge < -0.3 is 28.0 Å². The molecule has 0 aliphatic heterocycles. The summed E-state index contributed by atoms with van der Waals surface area (Å²) in [7, 11) is 0. The first kappa shape index (κ1) is 22.5. The lowest BCUT2D eigenvalue weighted by Crippen LogP contribution is -2.11. The Hall–Kier alpha value is -0.690. The van der Waals surface area contributed by atoms with Crippen molar-refractivity contribution in [1.82, 2.24) is 0 Å². The number of rotatable bonds is 7. The van der Waals surface area contributed by atoms with Crippen LogP contribution in [0, 0.1) is 5.92 Å². The van der Waals surface area contributed by atoms with Crippen molar-refractivity contribution in [3.63, 3.8) is 0 Å². The second-order valence-corrected chi connectivity index (χ2v) is 3.74. The van der Waals surface area contributed by atoms with Gasteiger partial charge in [-0.15, -0.1) is 0 Å². The SMILES string of the molecule is CCCCC(CC)C(=O)O.NCCN.NCCN. The Morgan fingerprint density at radius 1 is 1.00 bits per heavy atom. The number of hydrogen-bond donors (Lipinski definition) is 5. The smallest absolute Gasteiger partial charge is 0.306 e. The predicted molar refractivity (Wildman–Crippen MR) is 77.2 cm³/mol. The van der Waals surface area contributed by atoms with E-state index in [1.54, 1.807) is 0 Å². The first-order valence-corrected chi connectivity index (χ1v) is 6.58. The Kier molecular flexibility index (Phi) is 27.0. The topological polar surface area (TPSA) is 141 Å². The summed E-state index contributed by atoms with van der Waals surface area (Å²) < 4.78 is 0. The van der Waals surface area contributed by atoms with Crippen molar-refractivity contribution in [3.8, 4) is 0 Å². The van der Waals surface area contributed by atoms with Gasteiger partial charge in [-0.1, -0.05) is 26.7 Å². The normalized spacial score (nSPS) is 10.6. The van der Waals surface area contributed by atoms with Crippen LogP contribution < -0.4 is 22.9 Å². The van der Waals surface area contributed by atoms with Crippen LogP contribution in [0.4, 0.5) is 0 Å². The lowest BCUT2D eigenvalue weighted by Gasteiger charge is -2.06. The van der Waals surface area contributed by atoms with Crippen molar-refractivity contribution < 1.29 is 9.90 Å². The maximum atomic E-state index is 10.4. The highest BCUT2D eigenvalue weighted by atomic mass is 16.4. The van der Waals surface area contributed by atoms with E-state index >= 15 is 0 Å². The number of carboxylic acid groups (broad SMARTS) is 1. The van der Waals surface area contributed by atoms with Gasteiger partial charge in [0.2, 0.25) is 0 Å². The van der Waals surface area contributed by atoms with Crippen LogP contribution in [0.5, 0.6) is 0 Å². The Balaban J connectivity index is -0.000000233. The largest absolute Gasteiger partial charge is 0.481 e. The molecular weight excluding hydrogens is 232 g/mol. The van der Waals surface area contributed by atoms with Crippen LogP contribution in [-0.2, 0) is 4.79 Å². The fourth-order valence-electron chi connectivity index (χ4n) is 0.953. The van der Waals surface area contributed by atoms with Gasteiger partial charge in [0.25, 0.3) is 0 Å². The van der Waals surface area contributed by atoms with Crippen LogP contribution in [-0.4, -0.2) is 37.3 Å². The maximum absolute atomic E-state index is 10.4. The van der Waals surface area contributed by atoms with Gasteiger partial charge in [0, 0.05) is 26.2 Å². The van der Waals surface area contributed by atoms with Gasteiger partial charge in [-0.3, -0.25) is 4.79 Å². The van der Waals surface area contributed by atoms with E-state index in [4.69, 9.17) is 28.0 Å². The number of carbonyl (C=O) groups is 1. The van der Waals surface area contributed by atoms with E-state index in [0.29, 0.717) is 26.2 Å². The quantitative estimate of drug-likeness (QED) is 0.441. The third-order valence-electron chi connectivity index (χ3n) is 2.08. The summed E-state index contributed by atoms with van der Waals surface area (Å²) in [5, 5.41) is 8.60. The average Bonchev–Trinajstić information content (AvgIpc) is 2.40. The molecule has 0 bridgehead atoms. The van der Waals surface area contributed by atoms with Crippen LogP contribution >= 0.6 is 0 Å². The molecule has 0 saturated carbocycles. The molecule has 1 atom stereocenters. The van der Waals surface area contributed by atoms with Crippen LogP contribution in [0.25, 0.3) is 0 Å². The van der Waals surface area contributed by atoms with Gasteiger partial charge in [0.1, 0.15) is 0 Å². The highest BCUT2D eigenvalue weighted by Gasteiger charge is 2.12. The molecule has 0 heterocycles. The first-order chi connectivity index (χ1) is 8.55. The van der Waals surface area contributed by atoms with E-state index in [1.807, 2.05) is 6.92 Å². The second kappa shape index (κ2) is 21.6. The van der Waals surface area contributed by atoms with Gasteiger partial charge in [0.15, 0.2) is 0 Å². The molecule has 0 aliphatic carbocycles. The van der Waals surface area contributed by atoms with Gasteiger partial charge in [-0.25, -0.2) is 0 Å². The summed E-state index contributed by atoms with van der Waals surface area (Å²) in [4.78, 5) is 10.4. The highest BCUT2D eigenvalue weighted by molar-refractivity contribution is 5.69. The van der Waals surface area contributed by atoms with E-state index in [0.717, 1.165) is 25.7 Å². The van der Waals surface area contributed by atoms with E-state index in [-0.39, 0.29) is 5.92 Å². The van der Waals surface area contributed by atoms with Gasteiger partial charge in [-0.05, 0) is 12.8 Å². The molecule has 0 aromatic rings. The average molecular weight is 264 g/mol. The van der Waals surface area contributed by atoms with Gasteiger partial charge >= 0.3 is 5.97 Å². The predicted octanol–water partition coefficient (Wildman–Crippen LogP) is 0.0950. The van der Waals surface area contributed by atoms with Crippen LogP contribution in [0.2, 0.25) is 0 Å². The van der Waals surface area contributed by atoms with Crippen molar-refractivity contribution in [1.29, 1.82) is 0 Å². The van der Waals surface area contributed by atoms with Crippen molar-refractivity contribution in [2.45, 2.75) is 39.5 Å². The van der Waals surface area contributed by atoms with E-state index in [9.17, 15) is 4.79 Å². The van der Waals surface area contributed by atoms with Crippen LogP contribution in [0.1, 0.15) is 39.5 Å². The number of aliphatic carboxylic acids is 1. The lowest BCUT2D eigenvalue weighted by atomic mass is 10.00. The summed E-state index contributed by atoms with van der Waals surface area (Å²) in [6, 6.07) is 0. The molecule has 1 unspecified atom stereocenters. The van der Waals surface area contributed by atoms with Crippen LogP contribution in [0.15, 0.2) is 0 Å². The van der Waals surface area contributed by atoms with E-state index < -0.39 is 5.97 Å². The molecular formula is C12H32N4O2. The minimum Gasteiger partial charge on any atom is -0.481 e. The third-order valence-corrected chi connectivity index (χ3v) is 2.08. The molecule has 0 fully saturated rings. The molecule has 18 heavy (non-hydrogen) atoms. The molecule has 0 spiro atoms. The molecule has 0 aliphatic rings. The summed E-state index contributed by atoms with van der Waals surface area (Å²) in [5.41, 5.74) is 19.6. The Morgan fingerprint density at radius 2 is 1.39 bits per heavy atom. The van der Waals surface area contributed by atoms with Crippen molar-refractivity contribution in [3.05, 3.63) is 0 Å². The van der Waals surface area contributed by atoms with Crippen molar-refractivity contribution >= 4 is 5.97 Å². The molecule has 0 saturated heterocycles. The van der Waals surface area contributed by atoms with E-state index in [2.05, 4.69) is 6.92 Å². The number of carboxylic acids is 1. The number of nitrogens with two attached hydrogens (primary N) is 4. The summed E-state index contributed by atoms with van der Waals surface area (Å²) in [5.74, 6) is -0.754. The minimum atomic E-state index is -0.643. The lowest BCUT2D eigenvalue weighted by molar-refractivity contribution is -0.142. The van der Waals surface area contributed by atoms with E-state index in [1.165, 1.54) is 0 Å². The zero-order valence-corrected chi connectivity index (χ0v) is 11.9. The number of hydrogen-bond acceptors (Lipinski definition) is 5. The van der Waals surface area contributed by atoms with Crippen molar-refractivity contribution in [2.24, 2.45) is 28.9 Å². The molecule has 0 rings (SSSR count). The van der Waals surface area contributed by atoms with Crippen molar-refractivity contribution in [2.75, 3.05) is 26.2 Å². The number of unbranched alkanes of at least 4 members (excludes halogenated alkanes) is 1.